The lowest BCUT2D eigenvalue weighted by Gasteiger charge is -1.95. The summed E-state index contributed by atoms with van der Waals surface area (Å²) in [6.45, 7) is 0.726. The van der Waals surface area contributed by atoms with Crippen molar-refractivity contribution in [2.45, 2.75) is 25.3 Å². The van der Waals surface area contributed by atoms with Gasteiger partial charge in [-0.15, -0.1) is 23.7 Å². The molecule has 1 heterocycles. The minimum Gasteiger partial charge on any atom is -0.326 e. The van der Waals surface area contributed by atoms with Gasteiger partial charge in [0.2, 0.25) is 0 Å². The molecular weight excluding hydrogens is 178 g/mol. The number of hydrogen-bond acceptors (Lipinski definition) is 2. The molecule has 1 saturated carbocycles. The summed E-state index contributed by atoms with van der Waals surface area (Å²) in [5.74, 6) is 0.866. The highest BCUT2D eigenvalue weighted by Gasteiger charge is 2.25. The summed E-state index contributed by atoms with van der Waals surface area (Å²) >= 11 is 1.79. The summed E-state index contributed by atoms with van der Waals surface area (Å²) in [6, 6.07) is 2.23. The first-order valence-electron chi connectivity index (χ1n) is 3.68. The van der Waals surface area contributed by atoms with Crippen molar-refractivity contribution in [2.75, 3.05) is 0 Å². The Morgan fingerprint density at radius 2 is 2.27 bits per heavy atom. The van der Waals surface area contributed by atoms with E-state index in [1.165, 1.54) is 23.3 Å². The first-order valence-corrected chi connectivity index (χ1v) is 4.56. The van der Waals surface area contributed by atoms with Crippen molar-refractivity contribution in [3.63, 3.8) is 0 Å². The Hall–Kier alpha value is -0.0500. The second-order valence-corrected chi connectivity index (χ2v) is 3.78. The van der Waals surface area contributed by atoms with E-state index in [1.807, 2.05) is 0 Å². The van der Waals surface area contributed by atoms with Crippen LogP contribution in [0, 0.1) is 0 Å². The third-order valence-electron chi connectivity index (χ3n) is 1.98. The fraction of sp³-hybridized carbons (Fsp3) is 0.500. The molecule has 1 aliphatic carbocycles. The molecule has 11 heavy (non-hydrogen) atoms. The molecule has 1 fully saturated rings. The van der Waals surface area contributed by atoms with E-state index in [1.54, 1.807) is 11.3 Å². The molecule has 0 bridgehead atoms. The molecular formula is C8H12ClNS. The van der Waals surface area contributed by atoms with E-state index in [9.17, 15) is 0 Å². The van der Waals surface area contributed by atoms with Crippen LogP contribution in [0.2, 0.25) is 0 Å². The maximum Gasteiger partial charge on any atom is 0.0276 e. The Balaban J connectivity index is 0.000000605. The second kappa shape index (κ2) is 3.57. The van der Waals surface area contributed by atoms with Crippen molar-refractivity contribution in [3.05, 3.63) is 21.9 Å². The monoisotopic (exact) mass is 189 g/mol. The van der Waals surface area contributed by atoms with Gasteiger partial charge in [0, 0.05) is 11.4 Å². The SMILES string of the molecule is Cl.NCc1sccc1C1CC1. The molecule has 1 aliphatic rings. The molecule has 0 aromatic carbocycles. The zero-order chi connectivity index (χ0) is 6.97. The predicted molar refractivity (Wildman–Crippen MR) is 51.4 cm³/mol. The van der Waals surface area contributed by atoms with E-state index in [2.05, 4.69) is 11.4 Å². The van der Waals surface area contributed by atoms with Gasteiger partial charge >= 0.3 is 0 Å². The van der Waals surface area contributed by atoms with Crippen molar-refractivity contribution >= 4 is 23.7 Å². The van der Waals surface area contributed by atoms with Crippen LogP contribution in [-0.2, 0) is 6.54 Å². The fourth-order valence-corrected chi connectivity index (χ4v) is 2.12. The predicted octanol–water partition coefficient (Wildman–Crippen LogP) is 2.51. The number of halogens is 1. The van der Waals surface area contributed by atoms with Crippen LogP contribution in [0.5, 0.6) is 0 Å². The molecule has 0 radical (unpaired) electrons. The first-order chi connectivity index (χ1) is 4.92. The van der Waals surface area contributed by atoms with E-state index < -0.39 is 0 Å². The molecule has 0 aliphatic heterocycles. The third kappa shape index (κ3) is 1.75. The number of nitrogens with two attached hydrogens (primary N) is 1. The van der Waals surface area contributed by atoms with Gasteiger partial charge < -0.3 is 5.73 Å². The molecule has 0 atom stereocenters. The Labute approximate surface area is 77.0 Å². The molecule has 0 spiro atoms. The molecule has 1 aromatic heterocycles. The Morgan fingerprint density at radius 3 is 2.82 bits per heavy atom. The van der Waals surface area contributed by atoms with Crippen molar-refractivity contribution in [1.29, 1.82) is 0 Å². The van der Waals surface area contributed by atoms with Crippen LogP contribution in [0.25, 0.3) is 0 Å². The Morgan fingerprint density at radius 1 is 1.55 bits per heavy atom. The normalized spacial score (nSPS) is 16.1. The highest BCUT2D eigenvalue weighted by Crippen LogP contribution is 2.42. The summed E-state index contributed by atoms with van der Waals surface area (Å²) in [4.78, 5) is 1.39. The van der Waals surface area contributed by atoms with E-state index in [0.29, 0.717) is 0 Å². The maximum atomic E-state index is 5.57. The third-order valence-corrected chi connectivity index (χ3v) is 2.94. The lowest BCUT2D eigenvalue weighted by molar-refractivity contribution is 1.03. The van der Waals surface area contributed by atoms with E-state index in [-0.39, 0.29) is 12.4 Å². The first kappa shape index (κ1) is 9.04. The highest BCUT2D eigenvalue weighted by molar-refractivity contribution is 7.10. The molecule has 0 saturated heterocycles. The standard InChI is InChI=1S/C8H11NS.ClH/c9-5-8-7(3-4-10-8)6-1-2-6;/h3-4,6H,1-2,5,9H2;1H. The lowest BCUT2D eigenvalue weighted by atomic mass is 10.2. The number of thiophene rings is 1. The minimum atomic E-state index is 0. The quantitative estimate of drug-likeness (QED) is 0.760. The van der Waals surface area contributed by atoms with Crippen LogP contribution in [0.4, 0.5) is 0 Å². The molecule has 1 nitrogen and oxygen atoms in total. The summed E-state index contributed by atoms with van der Waals surface area (Å²) in [7, 11) is 0. The van der Waals surface area contributed by atoms with Crippen LogP contribution in [0.1, 0.15) is 29.2 Å². The van der Waals surface area contributed by atoms with Crippen molar-refractivity contribution in [1.82, 2.24) is 0 Å². The molecule has 0 amide bonds. The van der Waals surface area contributed by atoms with Gasteiger partial charge in [-0.25, -0.2) is 0 Å². The Bertz CT molecular complexity index is 230. The smallest absolute Gasteiger partial charge is 0.0276 e. The van der Waals surface area contributed by atoms with Crippen molar-refractivity contribution in [3.8, 4) is 0 Å². The molecule has 2 N–H and O–H groups in total. The second-order valence-electron chi connectivity index (χ2n) is 2.78. The average Bonchev–Trinajstić information content (AvgIpc) is 2.69. The lowest BCUT2D eigenvalue weighted by Crippen LogP contribution is -1.95. The number of hydrogen-bond donors (Lipinski definition) is 1. The van der Waals surface area contributed by atoms with E-state index >= 15 is 0 Å². The van der Waals surface area contributed by atoms with Crippen molar-refractivity contribution in [2.24, 2.45) is 5.73 Å². The van der Waals surface area contributed by atoms with Gasteiger partial charge in [-0.1, -0.05) is 0 Å². The van der Waals surface area contributed by atoms with E-state index in [4.69, 9.17) is 5.73 Å². The van der Waals surface area contributed by atoms with Crippen LogP contribution >= 0.6 is 23.7 Å². The molecule has 3 heteroatoms. The van der Waals surface area contributed by atoms with Crippen LogP contribution in [0.15, 0.2) is 11.4 Å². The van der Waals surface area contributed by atoms with Gasteiger partial charge in [-0.05, 0) is 35.8 Å². The molecule has 62 valence electrons. The van der Waals surface area contributed by atoms with Crippen LogP contribution in [0.3, 0.4) is 0 Å². The van der Waals surface area contributed by atoms with E-state index in [0.717, 1.165) is 12.5 Å². The summed E-state index contributed by atoms with van der Waals surface area (Å²) < 4.78 is 0. The van der Waals surface area contributed by atoms with Gasteiger partial charge in [0.25, 0.3) is 0 Å². The van der Waals surface area contributed by atoms with Gasteiger partial charge in [-0.3, -0.25) is 0 Å². The number of rotatable bonds is 2. The molecule has 2 rings (SSSR count). The van der Waals surface area contributed by atoms with Crippen LogP contribution < -0.4 is 5.73 Å². The topological polar surface area (TPSA) is 26.0 Å². The largest absolute Gasteiger partial charge is 0.326 e. The zero-order valence-corrected chi connectivity index (χ0v) is 7.88. The summed E-state index contributed by atoms with van der Waals surface area (Å²) in [6.07, 6.45) is 2.76. The minimum absolute atomic E-state index is 0. The molecule has 1 aromatic rings. The maximum absolute atomic E-state index is 5.57. The van der Waals surface area contributed by atoms with Crippen LogP contribution in [-0.4, -0.2) is 0 Å². The van der Waals surface area contributed by atoms with Crippen molar-refractivity contribution < 1.29 is 0 Å². The highest BCUT2D eigenvalue weighted by atomic mass is 35.5. The van der Waals surface area contributed by atoms with Gasteiger partial charge in [0.05, 0.1) is 0 Å². The summed E-state index contributed by atoms with van der Waals surface area (Å²) in [5.41, 5.74) is 7.09. The average molecular weight is 190 g/mol. The van der Waals surface area contributed by atoms with Gasteiger partial charge in [-0.2, -0.15) is 0 Å². The molecule has 0 unspecified atom stereocenters. The van der Waals surface area contributed by atoms with Gasteiger partial charge in [0.15, 0.2) is 0 Å². The summed E-state index contributed by atoms with van der Waals surface area (Å²) in [5, 5.41) is 2.15. The zero-order valence-electron chi connectivity index (χ0n) is 6.25. The van der Waals surface area contributed by atoms with Gasteiger partial charge in [0.1, 0.15) is 0 Å². The Kier molecular flexibility index (Phi) is 2.93. The fourth-order valence-electron chi connectivity index (χ4n) is 1.27.